The van der Waals surface area contributed by atoms with Crippen LogP contribution in [-0.4, -0.2) is 45.7 Å². The highest BCUT2D eigenvalue weighted by molar-refractivity contribution is 8.26. The van der Waals surface area contributed by atoms with Crippen LogP contribution < -0.4 is 15.6 Å². The van der Waals surface area contributed by atoms with E-state index in [1.54, 1.807) is 13.2 Å². The first-order chi connectivity index (χ1) is 15.4. The van der Waals surface area contributed by atoms with Crippen LogP contribution in [0.15, 0.2) is 53.4 Å². The summed E-state index contributed by atoms with van der Waals surface area (Å²) in [5.41, 5.74) is 5.76. The lowest BCUT2D eigenvalue weighted by Gasteiger charge is -2.14. The fourth-order valence-corrected chi connectivity index (χ4v) is 4.16. The van der Waals surface area contributed by atoms with Gasteiger partial charge in [-0.3, -0.25) is 30.1 Å². The molecule has 0 saturated carbocycles. The second kappa shape index (κ2) is 10.8. The molecule has 0 aliphatic carbocycles. The number of amides is 3. The van der Waals surface area contributed by atoms with E-state index in [0.29, 0.717) is 33.5 Å². The van der Waals surface area contributed by atoms with Crippen molar-refractivity contribution in [3.05, 3.63) is 64.6 Å². The molecule has 3 N–H and O–H groups in total. The normalized spacial score (nSPS) is 14.5. The molecule has 1 aliphatic heterocycles. The Labute approximate surface area is 194 Å². The van der Waals surface area contributed by atoms with E-state index in [4.69, 9.17) is 17.0 Å². The van der Waals surface area contributed by atoms with Gasteiger partial charge in [0.1, 0.15) is 15.8 Å². The van der Waals surface area contributed by atoms with Gasteiger partial charge in [-0.15, -0.1) is 0 Å². The Morgan fingerprint density at radius 2 is 1.94 bits per heavy atom. The lowest BCUT2D eigenvalue weighted by molar-refractivity contribution is -0.124. The first-order valence-corrected chi connectivity index (χ1v) is 10.9. The third kappa shape index (κ3) is 6.08. The van der Waals surface area contributed by atoms with Crippen molar-refractivity contribution in [3.63, 3.8) is 0 Å². The quantitative estimate of drug-likeness (QED) is 0.324. The van der Waals surface area contributed by atoms with Crippen LogP contribution in [0.4, 0.5) is 0 Å². The Morgan fingerprint density at radius 3 is 2.66 bits per heavy atom. The average molecular weight is 472 g/mol. The largest absolute Gasteiger partial charge is 0.508 e. The third-order valence-electron chi connectivity index (χ3n) is 4.50. The molecule has 0 spiro atoms. The Bertz CT molecular complexity index is 1070. The zero-order valence-electron chi connectivity index (χ0n) is 17.2. The smallest absolute Gasteiger partial charge is 0.269 e. The Morgan fingerprint density at radius 1 is 1.19 bits per heavy atom. The van der Waals surface area contributed by atoms with Crippen molar-refractivity contribution in [1.82, 2.24) is 15.8 Å². The van der Waals surface area contributed by atoms with Crippen molar-refractivity contribution in [2.24, 2.45) is 0 Å². The van der Waals surface area contributed by atoms with Crippen molar-refractivity contribution < 1.29 is 24.2 Å². The number of carbonyl (C=O) groups is 3. The van der Waals surface area contributed by atoms with Crippen LogP contribution in [0.5, 0.6) is 11.5 Å². The highest BCUT2D eigenvalue weighted by Gasteiger charge is 2.31. The van der Waals surface area contributed by atoms with Gasteiger partial charge >= 0.3 is 0 Å². The molecular weight excluding hydrogens is 450 g/mol. The molecule has 2 aromatic carbocycles. The van der Waals surface area contributed by atoms with E-state index in [-0.39, 0.29) is 18.1 Å². The molecule has 1 fully saturated rings. The van der Waals surface area contributed by atoms with Gasteiger partial charge in [0.15, 0.2) is 0 Å². The lowest BCUT2D eigenvalue weighted by atomic mass is 10.2. The molecule has 3 rings (SSSR count). The van der Waals surface area contributed by atoms with Gasteiger partial charge in [-0.05, 0) is 54.5 Å². The van der Waals surface area contributed by atoms with Crippen LogP contribution in [0.2, 0.25) is 0 Å². The van der Waals surface area contributed by atoms with E-state index in [1.807, 2.05) is 24.3 Å². The Kier molecular flexibility index (Phi) is 7.85. The van der Waals surface area contributed by atoms with Gasteiger partial charge < -0.3 is 9.84 Å². The minimum atomic E-state index is -0.502. The minimum Gasteiger partial charge on any atom is -0.508 e. The van der Waals surface area contributed by atoms with Gasteiger partial charge in [0, 0.05) is 18.5 Å². The number of hydrogen-bond donors (Lipinski definition) is 3. The predicted molar refractivity (Wildman–Crippen MR) is 126 cm³/mol. The van der Waals surface area contributed by atoms with E-state index >= 15 is 0 Å². The zero-order chi connectivity index (χ0) is 23.1. The molecule has 0 atom stereocenters. The van der Waals surface area contributed by atoms with Crippen molar-refractivity contribution in [1.29, 1.82) is 0 Å². The molecule has 10 heteroatoms. The first-order valence-electron chi connectivity index (χ1n) is 9.65. The monoisotopic (exact) mass is 471 g/mol. The van der Waals surface area contributed by atoms with Crippen molar-refractivity contribution in [2.45, 2.75) is 12.8 Å². The minimum absolute atomic E-state index is 0.0413. The lowest BCUT2D eigenvalue weighted by Crippen LogP contribution is -2.41. The summed E-state index contributed by atoms with van der Waals surface area (Å²) < 4.78 is 5.63. The number of aromatic hydroxyl groups is 1. The number of ether oxygens (including phenoxy) is 1. The Balaban J connectivity index is 1.47. The van der Waals surface area contributed by atoms with Gasteiger partial charge in [0.25, 0.3) is 11.8 Å². The molecule has 1 saturated heterocycles. The molecular formula is C22H21N3O5S2. The maximum atomic E-state index is 12.7. The van der Waals surface area contributed by atoms with Crippen molar-refractivity contribution >= 4 is 52.1 Å². The molecule has 1 heterocycles. The topological polar surface area (TPSA) is 108 Å². The number of methoxy groups -OCH3 is 1. The SMILES string of the molecule is COc1cccc(/C=C2\SC(=S)N(CCCC(=O)NNC(=O)c3ccc(O)cc3)C2=O)c1. The standard InChI is InChI=1S/C22H21N3O5S2/c1-30-17-5-2-4-14(12-17)13-18-21(29)25(22(31)32-18)11-3-6-19(27)23-24-20(28)15-7-9-16(26)10-8-15/h2,4-5,7-10,12-13,26H,3,6,11H2,1H3,(H,23,27)(H,24,28)/b18-13-. The van der Waals surface area contributed by atoms with Gasteiger partial charge in [-0.2, -0.15) is 0 Å². The number of benzene rings is 2. The van der Waals surface area contributed by atoms with E-state index in [0.717, 1.165) is 5.56 Å². The Hall–Kier alpha value is -3.37. The number of thiocarbonyl (C=S) groups is 1. The molecule has 2 aromatic rings. The molecule has 0 unspecified atom stereocenters. The van der Waals surface area contributed by atoms with Crippen LogP contribution in [0, 0.1) is 0 Å². The van der Waals surface area contributed by atoms with Crippen LogP contribution in [0.3, 0.4) is 0 Å². The highest BCUT2D eigenvalue weighted by atomic mass is 32.2. The fourth-order valence-electron chi connectivity index (χ4n) is 2.85. The molecule has 166 valence electrons. The second-order valence-corrected chi connectivity index (χ2v) is 8.44. The van der Waals surface area contributed by atoms with E-state index < -0.39 is 11.8 Å². The summed E-state index contributed by atoms with van der Waals surface area (Å²) >= 11 is 6.53. The molecule has 1 aliphatic rings. The average Bonchev–Trinajstić information content (AvgIpc) is 3.05. The van der Waals surface area contributed by atoms with E-state index in [2.05, 4.69) is 10.9 Å². The van der Waals surface area contributed by atoms with Gasteiger partial charge in [-0.25, -0.2) is 0 Å². The molecule has 0 bridgehead atoms. The predicted octanol–water partition coefficient (Wildman–Crippen LogP) is 2.84. The summed E-state index contributed by atoms with van der Waals surface area (Å²) in [6.45, 7) is 0.291. The molecule has 32 heavy (non-hydrogen) atoms. The summed E-state index contributed by atoms with van der Waals surface area (Å²) in [7, 11) is 1.58. The zero-order valence-corrected chi connectivity index (χ0v) is 18.8. The maximum Gasteiger partial charge on any atom is 0.269 e. The van der Waals surface area contributed by atoms with Crippen LogP contribution in [0.1, 0.15) is 28.8 Å². The molecule has 8 nitrogen and oxygen atoms in total. The number of phenols is 1. The van der Waals surface area contributed by atoms with Gasteiger partial charge in [0.05, 0.1) is 12.0 Å². The number of phenolic OH excluding ortho intramolecular Hbond substituents is 1. The molecule has 0 aromatic heterocycles. The summed E-state index contributed by atoms with van der Waals surface area (Å²) in [4.78, 5) is 38.6. The third-order valence-corrected chi connectivity index (χ3v) is 5.87. The van der Waals surface area contributed by atoms with Crippen molar-refractivity contribution in [2.75, 3.05) is 13.7 Å². The van der Waals surface area contributed by atoms with Crippen molar-refractivity contribution in [3.8, 4) is 11.5 Å². The van der Waals surface area contributed by atoms with E-state index in [9.17, 15) is 19.5 Å². The van der Waals surface area contributed by atoms with Crippen LogP contribution in [-0.2, 0) is 9.59 Å². The van der Waals surface area contributed by atoms with Crippen LogP contribution >= 0.6 is 24.0 Å². The first kappa shape index (κ1) is 23.3. The highest BCUT2D eigenvalue weighted by Crippen LogP contribution is 2.33. The van der Waals surface area contributed by atoms with Crippen LogP contribution in [0.25, 0.3) is 6.08 Å². The number of carbonyl (C=O) groups excluding carboxylic acids is 3. The summed E-state index contributed by atoms with van der Waals surface area (Å²) in [6.07, 6.45) is 2.23. The number of nitrogens with zero attached hydrogens (tertiary/aromatic N) is 1. The molecule has 0 radical (unpaired) electrons. The van der Waals surface area contributed by atoms with Gasteiger partial charge in [-0.1, -0.05) is 36.1 Å². The summed E-state index contributed by atoms with van der Waals surface area (Å²) in [5, 5.41) is 9.24. The number of hydrogen-bond acceptors (Lipinski definition) is 7. The van der Waals surface area contributed by atoms with E-state index in [1.165, 1.54) is 40.9 Å². The molecule has 3 amide bonds. The second-order valence-electron chi connectivity index (χ2n) is 6.76. The maximum absolute atomic E-state index is 12.7. The fraction of sp³-hybridized carbons (Fsp3) is 0.182. The number of thioether (sulfide) groups is 1. The number of nitrogens with one attached hydrogen (secondary N) is 2. The van der Waals surface area contributed by atoms with Gasteiger partial charge in [0.2, 0.25) is 5.91 Å². The number of hydrazine groups is 1. The number of rotatable bonds is 7. The summed E-state index contributed by atoms with van der Waals surface area (Å²) in [6, 6.07) is 13.0. The summed E-state index contributed by atoms with van der Waals surface area (Å²) in [5.74, 6) is -0.367.